The van der Waals surface area contributed by atoms with Crippen molar-refractivity contribution >= 4 is 15.9 Å². The summed E-state index contributed by atoms with van der Waals surface area (Å²) in [5, 5.41) is 0. The molecule has 0 saturated heterocycles. The standard InChI is InChI=1S/C6H9Br/c1-3-4-5-6(2)7/h4-5H,2-3H2,1H3/b5-4-. The second kappa shape index (κ2) is 4.13. The molecule has 0 aliphatic heterocycles. The summed E-state index contributed by atoms with van der Waals surface area (Å²) in [6, 6.07) is 0. The molecule has 0 aromatic carbocycles. The molecule has 0 aromatic heterocycles. The molecule has 0 aliphatic rings. The van der Waals surface area contributed by atoms with Crippen LogP contribution in [0.3, 0.4) is 0 Å². The van der Waals surface area contributed by atoms with Crippen LogP contribution in [0.2, 0.25) is 0 Å². The minimum atomic E-state index is 0.939. The maximum atomic E-state index is 3.62. The lowest BCUT2D eigenvalue weighted by Gasteiger charge is -1.77. The molecule has 0 aromatic rings. The van der Waals surface area contributed by atoms with Gasteiger partial charge in [0.15, 0.2) is 0 Å². The Morgan fingerprint density at radius 2 is 2.43 bits per heavy atom. The number of hydrogen-bond donors (Lipinski definition) is 0. The SMILES string of the molecule is C=C(Br)/C=C\CC. The molecule has 0 spiro atoms. The van der Waals surface area contributed by atoms with Crippen LogP contribution in [0.5, 0.6) is 0 Å². The molecule has 7 heavy (non-hydrogen) atoms. The average Bonchev–Trinajstić information content (AvgIpc) is 1.61. The van der Waals surface area contributed by atoms with Gasteiger partial charge in [0.2, 0.25) is 0 Å². The quantitative estimate of drug-likeness (QED) is 0.546. The first kappa shape index (κ1) is 6.96. The van der Waals surface area contributed by atoms with Crippen LogP contribution in [0.4, 0.5) is 0 Å². The van der Waals surface area contributed by atoms with Crippen molar-refractivity contribution in [2.45, 2.75) is 13.3 Å². The summed E-state index contributed by atoms with van der Waals surface area (Å²) in [5.41, 5.74) is 0. The van der Waals surface area contributed by atoms with Gasteiger partial charge in [-0.2, -0.15) is 0 Å². The van der Waals surface area contributed by atoms with Crippen LogP contribution in [0.25, 0.3) is 0 Å². The predicted octanol–water partition coefficient (Wildman–Crippen LogP) is 2.86. The van der Waals surface area contributed by atoms with Crippen LogP contribution in [-0.4, -0.2) is 0 Å². The summed E-state index contributed by atoms with van der Waals surface area (Å²) in [6.45, 7) is 5.71. The molecule has 0 atom stereocenters. The molecule has 0 aliphatic carbocycles. The number of allylic oxidation sites excluding steroid dienone is 3. The maximum Gasteiger partial charge on any atom is 0.00997 e. The van der Waals surface area contributed by atoms with E-state index in [-0.39, 0.29) is 0 Å². The Morgan fingerprint density at radius 1 is 1.86 bits per heavy atom. The van der Waals surface area contributed by atoms with E-state index in [1.807, 2.05) is 6.08 Å². The van der Waals surface area contributed by atoms with Gasteiger partial charge in [-0.1, -0.05) is 41.6 Å². The fourth-order valence-electron chi connectivity index (χ4n) is 0.246. The van der Waals surface area contributed by atoms with Crippen molar-refractivity contribution < 1.29 is 0 Å². The Hall–Kier alpha value is -0.0400. The van der Waals surface area contributed by atoms with Crippen molar-refractivity contribution in [3.05, 3.63) is 23.2 Å². The highest BCUT2D eigenvalue weighted by Gasteiger charge is 1.70. The third-order valence-corrected chi connectivity index (χ3v) is 0.799. The minimum Gasteiger partial charge on any atom is -0.0848 e. The molecule has 0 amide bonds. The van der Waals surface area contributed by atoms with E-state index < -0.39 is 0 Å². The van der Waals surface area contributed by atoms with Crippen LogP contribution in [0.15, 0.2) is 23.2 Å². The van der Waals surface area contributed by atoms with E-state index >= 15 is 0 Å². The van der Waals surface area contributed by atoms with Gasteiger partial charge in [-0.15, -0.1) is 0 Å². The topological polar surface area (TPSA) is 0 Å². The summed E-state index contributed by atoms with van der Waals surface area (Å²) < 4.78 is 0.939. The second-order valence-corrected chi connectivity index (χ2v) is 2.28. The van der Waals surface area contributed by atoms with Crippen molar-refractivity contribution in [1.29, 1.82) is 0 Å². The summed E-state index contributed by atoms with van der Waals surface area (Å²) in [4.78, 5) is 0. The van der Waals surface area contributed by atoms with Gasteiger partial charge in [0, 0.05) is 4.48 Å². The molecule has 1 heteroatoms. The van der Waals surface area contributed by atoms with E-state index in [0.29, 0.717) is 0 Å². The highest BCUT2D eigenvalue weighted by molar-refractivity contribution is 9.11. The van der Waals surface area contributed by atoms with Crippen LogP contribution in [0.1, 0.15) is 13.3 Å². The molecular weight excluding hydrogens is 152 g/mol. The molecule has 0 fully saturated rings. The first-order valence-electron chi connectivity index (χ1n) is 2.28. The Labute approximate surface area is 53.1 Å². The molecule has 0 bridgehead atoms. The molecular formula is C6H9Br. The van der Waals surface area contributed by atoms with Gasteiger partial charge in [-0.25, -0.2) is 0 Å². The highest BCUT2D eigenvalue weighted by atomic mass is 79.9. The summed E-state index contributed by atoms with van der Waals surface area (Å²) in [6.07, 6.45) is 5.07. The van der Waals surface area contributed by atoms with Crippen molar-refractivity contribution in [2.75, 3.05) is 0 Å². The van der Waals surface area contributed by atoms with Gasteiger partial charge in [-0.05, 0) is 6.42 Å². The number of halogens is 1. The second-order valence-electron chi connectivity index (χ2n) is 1.26. The third-order valence-electron chi connectivity index (χ3n) is 0.534. The Kier molecular flexibility index (Phi) is 4.10. The maximum absolute atomic E-state index is 3.62. The molecule has 0 nitrogen and oxygen atoms in total. The van der Waals surface area contributed by atoms with Crippen LogP contribution in [-0.2, 0) is 0 Å². The van der Waals surface area contributed by atoms with Crippen LogP contribution < -0.4 is 0 Å². The Morgan fingerprint density at radius 3 is 2.57 bits per heavy atom. The number of rotatable bonds is 2. The van der Waals surface area contributed by atoms with E-state index in [2.05, 4.69) is 35.5 Å². The zero-order valence-corrected chi connectivity index (χ0v) is 6.03. The molecule has 0 unspecified atom stereocenters. The average molecular weight is 161 g/mol. The Balaban J connectivity index is 3.26. The van der Waals surface area contributed by atoms with Gasteiger partial charge in [-0.3, -0.25) is 0 Å². The zero-order valence-electron chi connectivity index (χ0n) is 4.45. The monoisotopic (exact) mass is 160 g/mol. The van der Waals surface area contributed by atoms with Crippen molar-refractivity contribution in [2.24, 2.45) is 0 Å². The lowest BCUT2D eigenvalue weighted by atomic mass is 10.4. The van der Waals surface area contributed by atoms with Gasteiger partial charge >= 0.3 is 0 Å². The van der Waals surface area contributed by atoms with E-state index in [4.69, 9.17) is 0 Å². The molecule has 0 rings (SSSR count). The normalized spacial score (nSPS) is 10.0. The number of hydrogen-bond acceptors (Lipinski definition) is 0. The van der Waals surface area contributed by atoms with Gasteiger partial charge in [0.25, 0.3) is 0 Å². The fourth-order valence-corrected chi connectivity index (χ4v) is 0.433. The third kappa shape index (κ3) is 5.96. The van der Waals surface area contributed by atoms with Crippen molar-refractivity contribution in [3.8, 4) is 0 Å². The lowest BCUT2D eigenvalue weighted by molar-refractivity contribution is 1.22. The van der Waals surface area contributed by atoms with Crippen molar-refractivity contribution in [3.63, 3.8) is 0 Å². The van der Waals surface area contributed by atoms with Crippen LogP contribution in [0, 0.1) is 0 Å². The molecule has 40 valence electrons. The summed E-state index contributed by atoms with van der Waals surface area (Å²) in [5.74, 6) is 0. The fraction of sp³-hybridized carbons (Fsp3) is 0.333. The first-order valence-corrected chi connectivity index (χ1v) is 3.07. The summed E-state index contributed by atoms with van der Waals surface area (Å²) >= 11 is 3.19. The summed E-state index contributed by atoms with van der Waals surface area (Å²) in [7, 11) is 0. The van der Waals surface area contributed by atoms with Crippen LogP contribution >= 0.6 is 15.9 Å². The van der Waals surface area contributed by atoms with Gasteiger partial charge in [0.1, 0.15) is 0 Å². The lowest BCUT2D eigenvalue weighted by Crippen LogP contribution is -1.53. The molecule has 0 saturated carbocycles. The largest absolute Gasteiger partial charge is 0.0848 e. The zero-order chi connectivity index (χ0) is 5.70. The molecule has 0 radical (unpaired) electrons. The van der Waals surface area contributed by atoms with Gasteiger partial charge in [0.05, 0.1) is 0 Å². The minimum absolute atomic E-state index is 0.939. The van der Waals surface area contributed by atoms with Gasteiger partial charge < -0.3 is 0 Å². The van der Waals surface area contributed by atoms with Crippen molar-refractivity contribution in [1.82, 2.24) is 0 Å². The molecule has 0 N–H and O–H groups in total. The highest BCUT2D eigenvalue weighted by Crippen LogP contribution is 2.01. The molecule has 0 heterocycles. The Bertz CT molecular complexity index is 82.2. The predicted molar refractivity (Wildman–Crippen MR) is 37.5 cm³/mol. The van der Waals surface area contributed by atoms with E-state index in [9.17, 15) is 0 Å². The van der Waals surface area contributed by atoms with E-state index in [0.717, 1.165) is 10.9 Å². The van der Waals surface area contributed by atoms with E-state index in [1.165, 1.54) is 0 Å². The first-order chi connectivity index (χ1) is 3.27. The van der Waals surface area contributed by atoms with E-state index in [1.54, 1.807) is 0 Å². The smallest absolute Gasteiger partial charge is 0.00997 e.